The first-order valence-corrected chi connectivity index (χ1v) is 16.0. The molecule has 2 aromatic heterocycles. The molecule has 3 aromatic rings. The van der Waals surface area contributed by atoms with Gasteiger partial charge in [-0.25, -0.2) is 0 Å². The highest BCUT2D eigenvalue weighted by Gasteiger charge is 2.58. The van der Waals surface area contributed by atoms with Crippen LogP contribution in [0.3, 0.4) is 0 Å². The second kappa shape index (κ2) is 8.17. The zero-order valence-electron chi connectivity index (χ0n) is 20.7. The number of aromatic amines is 1. The Hall–Kier alpha value is -2.22. The van der Waals surface area contributed by atoms with Crippen molar-refractivity contribution in [1.29, 1.82) is 0 Å². The lowest BCUT2D eigenvalue weighted by Gasteiger charge is -2.54. The maximum Gasteiger partial charge on any atom is 0.223 e. The first-order valence-electron chi connectivity index (χ1n) is 12.2. The first-order chi connectivity index (χ1) is 16.1. The number of benzene rings is 1. The van der Waals surface area contributed by atoms with Crippen molar-refractivity contribution in [2.75, 3.05) is 13.2 Å². The van der Waals surface area contributed by atoms with Gasteiger partial charge >= 0.3 is 0 Å². The highest BCUT2D eigenvalue weighted by Crippen LogP contribution is 2.50. The van der Waals surface area contributed by atoms with Crippen LogP contribution in [0.25, 0.3) is 10.9 Å². The number of Topliss-reactive ketones (excluding diaryl/α,β-unsaturated/α-hetero) is 1. The topological polar surface area (TPSA) is 62.4 Å². The third-order valence-corrected chi connectivity index (χ3v) is 13.7. The Kier molecular flexibility index (Phi) is 5.65. The van der Waals surface area contributed by atoms with E-state index in [2.05, 4.69) is 57.0 Å². The molecule has 2 aliphatic rings. The number of ketones is 1. The number of piperidine rings is 1. The van der Waals surface area contributed by atoms with Crippen molar-refractivity contribution in [3.63, 3.8) is 0 Å². The molecule has 2 aliphatic heterocycles. The van der Waals surface area contributed by atoms with Crippen molar-refractivity contribution in [2.45, 2.75) is 63.7 Å². The molecule has 5 nitrogen and oxygen atoms in total. The van der Waals surface area contributed by atoms with Crippen LogP contribution in [0.2, 0.25) is 18.1 Å². The molecule has 0 unspecified atom stereocenters. The summed E-state index contributed by atoms with van der Waals surface area (Å²) < 4.78 is 6.87. The summed E-state index contributed by atoms with van der Waals surface area (Å²) >= 11 is 1.48. The summed E-state index contributed by atoms with van der Waals surface area (Å²) in [5, 5.41) is 3.16. The lowest BCUT2D eigenvalue weighted by molar-refractivity contribution is -0.150. The van der Waals surface area contributed by atoms with Gasteiger partial charge in [-0.05, 0) is 54.1 Å². The molecular formula is C27H34N2O3SSi. The average Bonchev–Trinajstić information content (AvgIpc) is 3.45. The van der Waals surface area contributed by atoms with Crippen molar-refractivity contribution < 1.29 is 14.0 Å². The van der Waals surface area contributed by atoms with Gasteiger partial charge in [-0.15, -0.1) is 11.3 Å². The van der Waals surface area contributed by atoms with E-state index in [9.17, 15) is 9.59 Å². The van der Waals surface area contributed by atoms with E-state index in [4.69, 9.17) is 4.43 Å². The number of fused-ring (bicyclic) bond motifs is 5. The van der Waals surface area contributed by atoms with Crippen molar-refractivity contribution in [1.82, 2.24) is 9.88 Å². The van der Waals surface area contributed by atoms with Gasteiger partial charge in [-0.2, -0.15) is 0 Å². The van der Waals surface area contributed by atoms with E-state index in [0.29, 0.717) is 26.0 Å². The lowest BCUT2D eigenvalue weighted by Crippen LogP contribution is -2.65. The number of carbonyl (C=O) groups is 2. The number of carbonyl (C=O) groups excluding carboxylic acids is 2. The van der Waals surface area contributed by atoms with Gasteiger partial charge in [-0.1, -0.05) is 45.0 Å². The molecule has 2 atom stereocenters. The minimum absolute atomic E-state index is 0.0261. The molecule has 180 valence electrons. The largest absolute Gasteiger partial charge is 0.414 e. The zero-order chi connectivity index (χ0) is 24.3. The molecule has 4 heterocycles. The van der Waals surface area contributed by atoms with Gasteiger partial charge in [0.2, 0.25) is 5.91 Å². The molecule has 1 amide bonds. The number of hydrogen-bond acceptors (Lipinski definition) is 4. The van der Waals surface area contributed by atoms with Crippen LogP contribution in [-0.2, 0) is 21.2 Å². The highest BCUT2D eigenvalue weighted by atomic mass is 32.1. The molecular weight excluding hydrogens is 460 g/mol. The number of para-hydroxylation sites is 1. The van der Waals surface area contributed by atoms with Gasteiger partial charge < -0.3 is 14.3 Å². The molecule has 7 heteroatoms. The standard InChI is InChI=1S/C27H34N2O3SSi/c1-26(2,3)34(4,5)32-17-27-20(24(31)22-11-8-16-33-22)12-13-23(30)29(27)15-14-19-18-9-6-7-10-21(18)28-25(19)27/h6-11,16,20,28H,12-15,17H2,1-5H3/t20-,27+/m0/s1. The van der Waals surface area contributed by atoms with Gasteiger partial charge in [0.05, 0.1) is 17.4 Å². The fourth-order valence-corrected chi connectivity index (χ4v) is 7.17. The van der Waals surface area contributed by atoms with Crippen molar-refractivity contribution >= 4 is 42.2 Å². The predicted molar refractivity (Wildman–Crippen MR) is 140 cm³/mol. The fourth-order valence-electron chi connectivity index (χ4n) is 5.43. The van der Waals surface area contributed by atoms with Crippen molar-refractivity contribution in [2.24, 2.45) is 5.92 Å². The fraction of sp³-hybridized carbons (Fsp3) is 0.481. The number of amides is 1. The van der Waals surface area contributed by atoms with E-state index in [-0.39, 0.29) is 22.6 Å². The highest BCUT2D eigenvalue weighted by molar-refractivity contribution is 7.12. The molecule has 0 radical (unpaired) electrons. The summed E-state index contributed by atoms with van der Waals surface area (Å²) in [5.74, 6) is -0.100. The Balaban J connectivity index is 1.71. The van der Waals surface area contributed by atoms with E-state index in [0.717, 1.165) is 22.5 Å². The smallest absolute Gasteiger partial charge is 0.223 e. The van der Waals surface area contributed by atoms with Crippen molar-refractivity contribution in [3.8, 4) is 0 Å². The molecule has 0 aliphatic carbocycles. The number of thiophene rings is 1. The maximum atomic E-state index is 14.0. The Morgan fingerprint density at radius 2 is 1.97 bits per heavy atom. The van der Waals surface area contributed by atoms with Gasteiger partial charge in [0, 0.05) is 29.6 Å². The second-order valence-electron chi connectivity index (χ2n) is 11.2. The summed E-state index contributed by atoms with van der Waals surface area (Å²) in [6.45, 7) is 12.1. The summed E-state index contributed by atoms with van der Waals surface area (Å²) in [6.07, 6.45) is 1.73. The molecule has 1 fully saturated rings. The zero-order valence-corrected chi connectivity index (χ0v) is 22.6. The van der Waals surface area contributed by atoms with Crippen LogP contribution in [0, 0.1) is 5.92 Å². The molecule has 0 spiro atoms. The number of nitrogens with zero attached hydrogens (tertiary/aromatic N) is 1. The Morgan fingerprint density at radius 3 is 2.68 bits per heavy atom. The van der Waals surface area contributed by atoms with Crippen LogP contribution in [0.15, 0.2) is 41.8 Å². The van der Waals surface area contributed by atoms with Crippen LogP contribution in [-0.4, -0.2) is 43.0 Å². The van der Waals surface area contributed by atoms with Crippen LogP contribution in [0.1, 0.15) is 54.5 Å². The maximum absolute atomic E-state index is 14.0. The van der Waals surface area contributed by atoms with E-state index < -0.39 is 13.9 Å². The van der Waals surface area contributed by atoms with E-state index in [1.54, 1.807) is 0 Å². The average molecular weight is 495 g/mol. The lowest BCUT2D eigenvalue weighted by atomic mass is 9.69. The minimum atomic E-state index is -2.14. The molecule has 0 saturated carbocycles. The SMILES string of the molecule is CC(C)(C)[Si](C)(C)OC[C@@]12c3[nH]c4ccccc4c3CCN1C(=O)CC[C@H]2C(=O)c1cccs1. The number of H-pyrrole nitrogens is 1. The monoisotopic (exact) mass is 494 g/mol. The Morgan fingerprint density at radius 1 is 1.21 bits per heavy atom. The first kappa shape index (κ1) is 23.5. The summed E-state index contributed by atoms with van der Waals surface area (Å²) in [5.41, 5.74) is 2.46. The second-order valence-corrected chi connectivity index (χ2v) is 17.0. The van der Waals surface area contributed by atoms with Gasteiger partial charge in [0.25, 0.3) is 0 Å². The summed E-state index contributed by atoms with van der Waals surface area (Å²) in [4.78, 5) is 33.8. The number of nitrogens with one attached hydrogen (secondary N) is 1. The van der Waals surface area contributed by atoms with E-state index in [1.165, 1.54) is 22.3 Å². The quantitative estimate of drug-likeness (QED) is 0.343. The third-order valence-electron chi connectivity index (χ3n) is 8.38. The normalized spacial score (nSPS) is 23.1. The molecule has 1 aromatic carbocycles. The van der Waals surface area contributed by atoms with Crippen LogP contribution < -0.4 is 0 Å². The molecule has 34 heavy (non-hydrogen) atoms. The van der Waals surface area contributed by atoms with Crippen LogP contribution in [0.4, 0.5) is 0 Å². The van der Waals surface area contributed by atoms with Crippen LogP contribution in [0.5, 0.6) is 0 Å². The third kappa shape index (κ3) is 3.51. The number of rotatable bonds is 5. The molecule has 5 rings (SSSR count). The summed E-state index contributed by atoms with van der Waals surface area (Å²) in [7, 11) is -2.14. The Bertz CT molecular complexity index is 1240. The van der Waals surface area contributed by atoms with Gasteiger partial charge in [0.15, 0.2) is 14.1 Å². The minimum Gasteiger partial charge on any atom is -0.414 e. The number of hydrogen-bond donors (Lipinski definition) is 1. The van der Waals surface area contributed by atoms with Gasteiger partial charge in [0.1, 0.15) is 5.54 Å². The number of aromatic nitrogens is 1. The molecule has 1 saturated heterocycles. The van der Waals surface area contributed by atoms with Crippen molar-refractivity contribution in [3.05, 3.63) is 57.9 Å². The van der Waals surface area contributed by atoms with E-state index in [1.807, 2.05) is 28.5 Å². The molecule has 0 bridgehead atoms. The predicted octanol–water partition coefficient (Wildman–Crippen LogP) is 6.12. The van der Waals surface area contributed by atoms with Gasteiger partial charge in [-0.3, -0.25) is 9.59 Å². The summed E-state index contributed by atoms with van der Waals surface area (Å²) in [6, 6.07) is 12.1. The molecule has 1 N–H and O–H groups in total. The Labute approximate surface area is 206 Å². The van der Waals surface area contributed by atoms with Crippen LogP contribution >= 0.6 is 11.3 Å². The van der Waals surface area contributed by atoms with E-state index >= 15 is 0 Å².